The molecule has 174 valence electrons. The number of halogens is 1. The van der Waals surface area contributed by atoms with Crippen LogP contribution in [0.1, 0.15) is 11.1 Å². The summed E-state index contributed by atoms with van der Waals surface area (Å²) < 4.78 is 48.8. The molecule has 0 aliphatic heterocycles. The summed E-state index contributed by atoms with van der Waals surface area (Å²) in [6.07, 6.45) is 1.54. The van der Waals surface area contributed by atoms with Gasteiger partial charge in [0.2, 0.25) is 5.13 Å². The van der Waals surface area contributed by atoms with Gasteiger partial charge in [-0.05, 0) is 67.1 Å². The predicted octanol–water partition coefficient (Wildman–Crippen LogP) is 5.48. The molecular weight excluding hydrogens is 477 g/mol. The first-order valence-corrected chi connectivity index (χ1v) is 12.3. The van der Waals surface area contributed by atoms with E-state index in [9.17, 15) is 12.8 Å². The van der Waals surface area contributed by atoms with E-state index >= 15 is 0 Å². The number of hydrazone groups is 1. The molecule has 0 amide bonds. The van der Waals surface area contributed by atoms with Gasteiger partial charge in [-0.25, -0.2) is 9.37 Å². The van der Waals surface area contributed by atoms with Crippen molar-refractivity contribution in [1.29, 1.82) is 0 Å². The first kappa shape index (κ1) is 23.4. The summed E-state index contributed by atoms with van der Waals surface area (Å²) in [5, 5.41) is 6.57. The zero-order chi connectivity index (χ0) is 24.1. The summed E-state index contributed by atoms with van der Waals surface area (Å²) in [7, 11) is -2.58. The highest BCUT2D eigenvalue weighted by atomic mass is 32.2. The monoisotopic (exact) mass is 497 g/mol. The standard InChI is InChI=1S/C24H20FN3O4S2/c1-16-3-10-20(11-4-16)34(29,30)32-22-12-5-17(13-23(22)31-2)14-26-28-24-27-21(15-33-24)18-6-8-19(25)9-7-18/h3-15H,1-2H3,(H,27,28)/b26-14-. The van der Waals surface area contributed by atoms with Crippen LogP contribution in [-0.4, -0.2) is 26.7 Å². The summed E-state index contributed by atoms with van der Waals surface area (Å²) in [6.45, 7) is 1.87. The number of methoxy groups -OCH3 is 1. The molecule has 4 aromatic rings. The summed E-state index contributed by atoms with van der Waals surface area (Å²) in [6, 6.07) is 17.2. The molecular formula is C24H20FN3O4S2. The Morgan fingerprint density at radius 1 is 1.03 bits per heavy atom. The Labute approximate surface area is 200 Å². The van der Waals surface area contributed by atoms with E-state index in [1.165, 1.54) is 48.8 Å². The molecule has 34 heavy (non-hydrogen) atoms. The molecule has 0 aliphatic rings. The number of rotatable bonds is 8. The normalized spacial score (nSPS) is 11.5. The van der Waals surface area contributed by atoms with Crippen LogP contribution in [0.5, 0.6) is 11.5 Å². The molecule has 0 radical (unpaired) electrons. The van der Waals surface area contributed by atoms with Gasteiger partial charge in [-0.3, -0.25) is 5.43 Å². The Bertz CT molecular complexity index is 1420. The number of anilines is 1. The molecule has 1 aromatic heterocycles. The Balaban J connectivity index is 1.44. The highest BCUT2D eigenvalue weighted by Gasteiger charge is 2.19. The van der Waals surface area contributed by atoms with Crippen molar-refractivity contribution in [1.82, 2.24) is 4.98 Å². The maximum atomic E-state index is 13.1. The first-order chi connectivity index (χ1) is 16.3. The van der Waals surface area contributed by atoms with Gasteiger partial charge in [-0.15, -0.1) is 11.3 Å². The van der Waals surface area contributed by atoms with Gasteiger partial charge in [-0.2, -0.15) is 13.5 Å². The molecule has 1 heterocycles. The number of aryl methyl sites for hydroxylation is 1. The maximum absolute atomic E-state index is 13.1. The second-order valence-corrected chi connectivity index (χ2v) is 9.58. The Hall–Kier alpha value is -3.76. The topological polar surface area (TPSA) is 89.9 Å². The van der Waals surface area contributed by atoms with Crippen molar-refractivity contribution in [2.45, 2.75) is 11.8 Å². The summed E-state index contributed by atoms with van der Waals surface area (Å²) in [5.41, 5.74) is 5.95. The molecule has 0 unspecified atom stereocenters. The highest BCUT2D eigenvalue weighted by molar-refractivity contribution is 7.87. The van der Waals surface area contributed by atoms with E-state index in [-0.39, 0.29) is 22.2 Å². The van der Waals surface area contributed by atoms with Gasteiger partial charge in [0, 0.05) is 10.9 Å². The third-order valence-corrected chi connectivity index (χ3v) is 6.71. The number of hydrogen-bond acceptors (Lipinski definition) is 8. The second-order valence-electron chi connectivity index (χ2n) is 7.18. The third kappa shape index (κ3) is 5.59. The number of ether oxygens (including phenoxy) is 1. The quantitative estimate of drug-likeness (QED) is 0.197. The van der Waals surface area contributed by atoms with Gasteiger partial charge in [0.25, 0.3) is 0 Å². The maximum Gasteiger partial charge on any atom is 0.339 e. The van der Waals surface area contributed by atoms with Crippen LogP contribution in [0, 0.1) is 12.7 Å². The minimum absolute atomic E-state index is 0.0541. The van der Waals surface area contributed by atoms with E-state index in [0.717, 1.165) is 11.1 Å². The van der Waals surface area contributed by atoms with Crippen molar-refractivity contribution in [3.05, 3.63) is 89.1 Å². The molecule has 4 rings (SSSR count). The van der Waals surface area contributed by atoms with Crippen molar-refractivity contribution < 1.29 is 21.7 Å². The smallest absolute Gasteiger partial charge is 0.339 e. The van der Waals surface area contributed by atoms with E-state index in [2.05, 4.69) is 15.5 Å². The van der Waals surface area contributed by atoms with Crippen molar-refractivity contribution in [2.75, 3.05) is 12.5 Å². The number of nitrogens with one attached hydrogen (secondary N) is 1. The Morgan fingerprint density at radius 2 is 1.76 bits per heavy atom. The minimum atomic E-state index is -4.01. The molecule has 7 nitrogen and oxygen atoms in total. The van der Waals surface area contributed by atoms with Crippen LogP contribution in [-0.2, 0) is 10.1 Å². The van der Waals surface area contributed by atoms with Crippen LogP contribution in [0.3, 0.4) is 0 Å². The molecule has 0 atom stereocenters. The number of thiazole rings is 1. The molecule has 3 aromatic carbocycles. The lowest BCUT2D eigenvalue weighted by atomic mass is 10.2. The zero-order valence-corrected chi connectivity index (χ0v) is 19.9. The third-order valence-electron chi connectivity index (χ3n) is 4.71. The second kappa shape index (κ2) is 10.0. The average Bonchev–Trinajstić information content (AvgIpc) is 3.29. The van der Waals surface area contributed by atoms with E-state index < -0.39 is 10.1 Å². The largest absolute Gasteiger partial charge is 0.493 e. The van der Waals surface area contributed by atoms with Crippen LogP contribution >= 0.6 is 11.3 Å². The van der Waals surface area contributed by atoms with Crippen LogP contribution < -0.4 is 14.3 Å². The predicted molar refractivity (Wildman–Crippen MR) is 131 cm³/mol. The van der Waals surface area contributed by atoms with E-state index in [4.69, 9.17) is 8.92 Å². The molecule has 1 N–H and O–H groups in total. The molecule has 0 bridgehead atoms. The van der Waals surface area contributed by atoms with Crippen molar-refractivity contribution >= 4 is 32.8 Å². The lowest BCUT2D eigenvalue weighted by molar-refractivity contribution is 0.390. The molecule has 0 aliphatic carbocycles. The first-order valence-electron chi connectivity index (χ1n) is 10.0. The van der Waals surface area contributed by atoms with Gasteiger partial charge in [0.1, 0.15) is 10.7 Å². The fourth-order valence-corrected chi connectivity index (χ4v) is 4.55. The average molecular weight is 498 g/mol. The van der Waals surface area contributed by atoms with Crippen molar-refractivity contribution in [3.8, 4) is 22.8 Å². The van der Waals surface area contributed by atoms with Crippen molar-refractivity contribution in [2.24, 2.45) is 5.10 Å². The molecule has 10 heteroatoms. The molecule has 0 fully saturated rings. The van der Waals surface area contributed by atoms with Gasteiger partial charge in [-0.1, -0.05) is 17.7 Å². The van der Waals surface area contributed by atoms with Crippen LogP contribution in [0.2, 0.25) is 0 Å². The van der Waals surface area contributed by atoms with Crippen LogP contribution in [0.25, 0.3) is 11.3 Å². The van der Waals surface area contributed by atoms with E-state index in [0.29, 0.717) is 16.4 Å². The fraction of sp³-hybridized carbons (Fsp3) is 0.0833. The summed E-state index contributed by atoms with van der Waals surface area (Å²) >= 11 is 1.36. The zero-order valence-electron chi connectivity index (χ0n) is 18.2. The summed E-state index contributed by atoms with van der Waals surface area (Å²) in [4.78, 5) is 4.48. The van der Waals surface area contributed by atoms with Crippen LogP contribution in [0.4, 0.5) is 9.52 Å². The lowest BCUT2D eigenvalue weighted by Gasteiger charge is -2.11. The highest BCUT2D eigenvalue weighted by Crippen LogP contribution is 2.31. The van der Waals surface area contributed by atoms with Gasteiger partial charge >= 0.3 is 10.1 Å². The minimum Gasteiger partial charge on any atom is -0.493 e. The van der Waals surface area contributed by atoms with E-state index in [1.807, 2.05) is 12.3 Å². The lowest BCUT2D eigenvalue weighted by Crippen LogP contribution is -2.10. The number of aromatic nitrogens is 1. The van der Waals surface area contributed by atoms with Gasteiger partial charge < -0.3 is 8.92 Å². The Morgan fingerprint density at radius 3 is 2.47 bits per heavy atom. The van der Waals surface area contributed by atoms with Crippen molar-refractivity contribution in [3.63, 3.8) is 0 Å². The van der Waals surface area contributed by atoms with E-state index in [1.54, 1.807) is 42.6 Å². The SMILES string of the molecule is COc1cc(/C=N\Nc2nc(-c3ccc(F)cc3)cs2)ccc1OS(=O)(=O)c1ccc(C)cc1. The fourth-order valence-electron chi connectivity index (χ4n) is 2.94. The number of nitrogens with zero attached hydrogens (tertiary/aromatic N) is 2. The van der Waals surface area contributed by atoms with Crippen LogP contribution in [0.15, 0.2) is 82.1 Å². The molecule has 0 spiro atoms. The molecule has 0 saturated heterocycles. The number of benzene rings is 3. The molecule has 0 saturated carbocycles. The Kier molecular flexibility index (Phi) is 6.90. The van der Waals surface area contributed by atoms with Gasteiger partial charge in [0.05, 0.1) is 19.0 Å². The number of hydrogen-bond donors (Lipinski definition) is 1. The summed E-state index contributed by atoms with van der Waals surface area (Å²) in [5.74, 6) is 0.00560. The van der Waals surface area contributed by atoms with Gasteiger partial charge in [0.15, 0.2) is 11.5 Å².